The predicted molar refractivity (Wildman–Crippen MR) is 100.0 cm³/mol. The molecule has 1 aromatic rings. The van der Waals surface area contributed by atoms with Gasteiger partial charge in [-0.3, -0.25) is 14.5 Å². The maximum atomic E-state index is 13.1. The van der Waals surface area contributed by atoms with Gasteiger partial charge in [-0.15, -0.1) is 0 Å². The van der Waals surface area contributed by atoms with E-state index in [0.29, 0.717) is 32.7 Å². The number of carbonyl (C=O) groups excluding carboxylic acids is 2. The summed E-state index contributed by atoms with van der Waals surface area (Å²) < 4.78 is 13.1. The van der Waals surface area contributed by atoms with Crippen LogP contribution >= 0.6 is 0 Å². The number of nitrogens with zero attached hydrogens (tertiary/aromatic N) is 2. The first kappa shape index (κ1) is 20.4. The first-order chi connectivity index (χ1) is 12.3. The molecule has 1 saturated heterocycles. The van der Waals surface area contributed by atoms with Crippen LogP contribution in [-0.2, 0) is 9.59 Å². The molecule has 6 heteroatoms. The second kappa shape index (κ2) is 9.12. The van der Waals surface area contributed by atoms with Gasteiger partial charge in [0.1, 0.15) is 5.82 Å². The van der Waals surface area contributed by atoms with Crippen molar-refractivity contribution in [3.8, 4) is 0 Å². The number of hydrogen-bond acceptors (Lipinski definition) is 3. The fraction of sp³-hybridized carbons (Fsp3) is 0.600. The number of amides is 2. The van der Waals surface area contributed by atoms with Crippen molar-refractivity contribution in [3.05, 3.63) is 35.6 Å². The van der Waals surface area contributed by atoms with Crippen molar-refractivity contribution in [2.45, 2.75) is 33.7 Å². The summed E-state index contributed by atoms with van der Waals surface area (Å²) in [6.45, 7) is 10.9. The molecule has 1 aliphatic heterocycles. The van der Waals surface area contributed by atoms with Crippen molar-refractivity contribution in [1.29, 1.82) is 0 Å². The number of carbonyl (C=O) groups is 2. The number of halogens is 1. The van der Waals surface area contributed by atoms with Crippen LogP contribution in [0.4, 0.5) is 4.39 Å². The van der Waals surface area contributed by atoms with Gasteiger partial charge in [0.05, 0.1) is 12.6 Å². The van der Waals surface area contributed by atoms with E-state index in [0.717, 1.165) is 5.56 Å². The molecular formula is C20H30FN3O2. The molecule has 1 aliphatic rings. The van der Waals surface area contributed by atoms with Crippen LogP contribution in [0, 0.1) is 17.7 Å². The van der Waals surface area contributed by atoms with Gasteiger partial charge >= 0.3 is 0 Å². The Hall–Kier alpha value is -1.95. The standard InChI is InChI=1S/C20H30FN3O2/c1-14(2)19(16-5-7-17(21)8-6-16)22-18(25)13-23-9-11-24(12-10-23)20(26)15(3)4/h5-8,14-15,19H,9-13H2,1-4H3,(H,22,25)/t19-/m0/s1. The van der Waals surface area contributed by atoms with E-state index in [2.05, 4.69) is 10.2 Å². The summed E-state index contributed by atoms with van der Waals surface area (Å²) in [5.41, 5.74) is 0.905. The third kappa shape index (κ3) is 5.53. The lowest BCUT2D eigenvalue weighted by molar-refractivity contribution is -0.136. The fourth-order valence-electron chi connectivity index (χ4n) is 3.22. The van der Waals surface area contributed by atoms with Gasteiger partial charge < -0.3 is 10.2 Å². The highest BCUT2D eigenvalue weighted by Crippen LogP contribution is 2.22. The fourth-order valence-corrected chi connectivity index (χ4v) is 3.22. The van der Waals surface area contributed by atoms with Crippen molar-refractivity contribution < 1.29 is 14.0 Å². The van der Waals surface area contributed by atoms with Gasteiger partial charge in [-0.1, -0.05) is 39.8 Å². The summed E-state index contributed by atoms with van der Waals surface area (Å²) in [6.07, 6.45) is 0. The number of hydrogen-bond donors (Lipinski definition) is 1. The largest absolute Gasteiger partial charge is 0.348 e. The lowest BCUT2D eigenvalue weighted by Crippen LogP contribution is -2.52. The maximum Gasteiger partial charge on any atom is 0.234 e. The molecule has 1 fully saturated rings. The average molecular weight is 363 g/mol. The Morgan fingerprint density at radius 2 is 1.62 bits per heavy atom. The summed E-state index contributed by atoms with van der Waals surface area (Å²) in [6, 6.07) is 6.13. The zero-order valence-electron chi connectivity index (χ0n) is 16.2. The van der Waals surface area contributed by atoms with Crippen LogP contribution in [0.5, 0.6) is 0 Å². The van der Waals surface area contributed by atoms with Gasteiger partial charge in [0, 0.05) is 32.1 Å². The molecule has 0 spiro atoms. The normalized spacial score (nSPS) is 16.8. The van der Waals surface area contributed by atoms with E-state index >= 15 is 0 Å². The highest BCUT2D eigenvalue weighted by Gasteiger charge is 2.25. The Labute approximate surface area is 155 Å². The average Bonchev–Trinajstić information content (AvgIpc) is 2.60. The van der Waals surface area contributed by atoms with Crippen molar-refractivity contribution in [2.24, 2.45) is 11.8 Å². The Balaban J connectivity index is 1.87. The first-order valence-electron chi connectivity index (χ1n) is 9.34. The molecule has 1 N–H and O–H groups in total. The molecule has 0 aromatic heterocycles. The minimum absolute atomic E-state index is 0.00681. The summed E-state index contributed by atoms with van der Waals surface area (Å²) in [5.74, 6) is 0.0515. The predicted octanol–water partition coefficient (Wildman–Crippen LogP) is 2.44. The molecule has 2 amide bonds. The van der Waals surface area contributed by atoms with Gasteiger partial charge in [-0.2, -0.15) is 0 Å². The molecule has 5 nitrogen and oxygen atoms in total. The smallest absolute Gasteiger partial charge is 0.234 e. The third-order valence-electron chi connectivity index (χ3n) is 4.76. The van der Waals surface area contributed by atoms with Gasteiger partial charge in [0.25, 0.3) is 0 Å². The topological polar surface area (TPSA) is 52.7 Å². The molecule has 0 aliphatic carbocycles. The molecule has 0 saturated carbocycles. The molecule has 0 unspecified atom stereocenters. The van der Waals surface area contributed by atoms with Crippen LogP contribution in [0.1, 0.15) is 39.3 Å². The zero-order chi connectivity index (χ0) is 19.3. The lowest BCUT2D eigenvalue weighted by atomic mass is 9.96. The van der Waals surface area contributed by atoms with Crippen LogP contribution in [0.2, 0.25) is 0 Å². The van der Waals surface area contributed by atoms with Gasteiger partial charge in [-0.25, -0.2) is 4.39 Å². The van der Waals surface area contributed by atoms with Crippen molar-refractivity contribution in [2.75, 3.05) is 32.7 Å². The van der Waals surface area contributed by atoms with E-state index in [9.17, 15) is 14.0 Å². The molecule has 1 aromatic carbocycles. The second-order valence-electron chi connectivity index (χ2n) is 7.60. The van der Waals surface area contributed by atoms with E-state index in [1.807, 2.05) is 32.6 Å². The number of piperazine rings is 1. The minimum atomic E-state index is -0.281. The number of rotatable bonds is 6. The number of nitrogens with one attached hydrogen (secondary N) is 1. The molecule has 1 heterocycles. The van der Waals surface area contributed by atoms with Gasteiger partial charge in [-0.05, 0) is 23.6 Å². The second-order valence-corrected chi connectivity index (χ2v) is 7.60. The molecule has 0 bridgehead atoms. The monoisotopic (exact) mass is 363 g/mol. The summed E-state index contributed by atoms with van der Waals surface area (Å²) in [7, 11) is 0. The summed E-state index contributed by atoms with van der Waals surface area (Å²) in [4.78, 5) is 28.5. The Morgan fingerprint density at radius 3 is 2.12 bits per heavy atom. The summed E-state index contributed by atoms with van der Waals surface area (Å²) in [5, 5.41) is 3.07. The van der Waals surface area contributed by atoms with E-state index in [1.54, 1.807) is 12.1 Å². The van der Waals surface area contributed by atoms with E-state index < -0.39 is 0 Å². The molecule has 144 valence electrons. The Morgan fingerprint density at radius 1 is 1.04 bits per heavy atom. The van der Waals surface area contributed by atoms with Crippen LogP contribution in [0.15, 0.2) is 24.3 Å². The van der Waals surface area contributed by atoms with Gasteiger partial charge in [0.15, 0.2) is 0 Å². The minimum Gasteiger partial charge on any atom is -0.348 e. The third-order valence-corrected chi connectivity index (χ3v) is 4.76. The maximum absolute atomic E-state index is 13.1. The molecule has 2 rings (SSSR count). The van der Waals surface area contributed by atoms with Crippen LogP contribution < -0.4 is 5.32 Å². The van der Waals surface area contributed by atoms with Crippen LogP contribution in [-0.4, -0.2) is 54.3 Å². The van der Waals surface area contributed by atoms with Crippen molar-refractivity contribution in [3.63, 3.8) is 0 Å². The van der Waals surface area contributed by atoms with Crippen molar-refractivity contribution in [1.82, 2.24) is 15.1 Å². The van der Waals surface area contributed by atoms with E-state index in [4.69, 9.17) is 0 Å². The van der Waals surface area contributed by atoms with E-state index in [1.165, 1.54) is 12.1 Å². The Kier molecular flexibility index (Phi) is 7.14. The highest BCUT2D eigenvalue weighted by atomic mass is 19.1. The first-order valence-corrected chi connectivity index (χ1v) is 9.34. The van der Waals surface area contributed by atoms with E-state index in [-0.39, 0.29) is 35.5 Å². The quantitative estimate of drug-likeness (QED) is 0.845. The molecule has 26 heavy (non-hydrogen) atoms. The van der Waals surface area contributed by atoms with Gasteiger partial charge in [0.2, 0.25) is 11.8 Å². The molecular weight excluding hydrogens is 333 g/mol. The van der Waals surface area contributed by atoms with Crippen LogP contribution in [0.3, 0.4) is 0 Å². The summed E-state index contributed by atoms with van der Waals surface area (Å²) >= 11 is 0. The lowest BCUT2D eigenvalue weighted by Gasteiger charge is -2.35. The molecule has 0 radical (unpaired) electrons. The SMILES string of the molecule is CC(C)C(=O)N1CCN(CC(=O)N[C@H](c2ccc(F)cc2)C(C)C)CC1. The van der Waals surface area contributed by atoms with Crippen molar-refractivity contribution >= 4 is 11.8 Å². The number of benzene rings is 1. The zero-order valence-corrected chi connectivity index (χ0v) is 16.2. The highest BCUT2D eigenvalue weighted by molar-refractivity contribution is 5.79. The Bertz CT molecular complexity index is 608. The molecule has 1 atom stereocenters. The van der Waals surface area contributed by atoms with Crippen LogP contribution in [0.25, 0.3) is 0 Å².